The second-order valence-corrected chi connectivity index (χ2v) is 2.28. The van der Waals surface area contributed by atoms with Crippen LogP contribution in [0.15, 0.2) is 18.2 Å². The molecular weight excluding hydrogens is 159 g/mol. The fraction of sp³-hybridized carbons (Fsp3) is 0.222. The SMILES string of the molecule is COc1cc(F)ccc1C[C]=O. The van der Waals surface area contributed by atoms with Crippen LogP contribution in [0.5, 0.6) is 5.75 Å². The second-order valence-electron chi connectivity index (χ2n) is 2.28. The van der Waals surface area contributed by atoms with Crippen molar-refractivity contribution in [3.8, 4) is 5.75 Å². The first kappa shape index (κ1) is 8.71. The van der Waals surface area contributed by atoms with Crippen molar-refractivity contribution >= 4 is 6.29 Å². The summed E-state index contributed by atoms with van der Waals surface area (Å²) in [6.07, 6.45) is 1.85. The molecule has 0 N–H and O–H groups in total. The van der Waals surface area contributed by atoms with Crippen LogP contribution < -0.4 is 4.74 Å². The van der Waals surface area contributed by atoms with Crippen molar-refractivity contribution in [1.29, 1.82) is 0 Å². The summed E-state index contributed by atoms with van der Waals surface area (Å²) in [7, 11) is 1.43. The van der Waals surface area contributed by atoms with Gasteiger partial charge in [-0.2, -0.15) is 0 Å². The maximum Gasteiger partial charge on any atom is 0.203 e. The molecule has 63 valence electrons. The molecule has 0 amide bonds. The van der Waals surface area contributed by atoms with E-state index >= 15 is 0 Å². The van der Waals surface area contributed by atoms with Gasteiger partial charge in [-0.15, -0.1) is 0 Å². The Morgan fingerprint density at radius 1 is 1.58 bits per heavy atom. The summed E-state index contributed by atoms with van der Waals surface area (Å²) >= 11 is 0. The van der Waals surface area contributed by atoms with Gasteiger partial charge in [-0.25, -0.2) is 4.39 Å². The predicted octanol–water partition coefficient (Wildman–Crippen LogP) is 1.49. The van der Waals surface area contributed by atoms with Gasteiger partial charge in [0.05, 0.1) is 7.11 Å². The standard InChI is InChI=1S/C9H8FO2/c1-12-9-6-8(10)3-2-7(9)4-5-11/h2-3,6H,4H2,1H3. The quantitative estimate of drug-likeness (QED) is 0.681. The molecule has 3 heteroatoms. The van der Waals surface area contributed by atoms with Gasteiger partial charge in [0.1, 0.15) is 11.6 Å². The third-order valence-electron chi connectivity index (χ3n) is 1.51. The topological polar surface area (TPSA) is 26.3 Å². The molecule has 1 aromatic carbocycles. The van der Waals surface area contributed by atoms with Crippen LogP contribution in [-0.4, -0.2) is 13.4 Å². The minimum atomic E-state index is -0.374. The average molecular weight is 167 g/mol. The summed E-state index contributed by atoms with van der Waals surface area (Å²) < 4.78 is 17.5. The van der Waals surface area contributed by atoms with Crippen molar-refractivity contribution in [3.05, 3.63) is 29.6 Å². The van der Waals surface area contributed by atoms with Crippen molar-refractivity contribution < 1.29 is 13.9 Å². The monoisotopic (exact) mass is 167 g/mol. The van der Waals surface area contributed by atoms with Crippen LogP contribution in [0.4, 0.5) is 4.39 Å². The predicted molar refractivity (Wildman–Crippen MR) is 42.3 cm³/mol. The molecule has 0 fully saturated rings. The number of carbonyl (C=O) groups excluding carboxylic acids is 1. The van der Waals surface area contributed by atoms with Crippen molar-refractivity contribution in [2.75, 3.05) is 7.11 Å². The fourth-order valence-corrected chi connectivity index (χ4v) is 0.942. The van der Waals surface area contributed by atoms with Crippen LogP contribution in [0.2, 0.25) is 0 Å². The molecule has 0 heterocycles. The Morgan fingerprint density at radius 2 is 2.33 bits per heavy atom. The van der Waals surface area contributed by atoms with Crippen molar-refractivity contribution in [2.45, 2.75) is 6.42 Å². The van der Waals surface area contributed by atoms with E-state index in [4.69, 9.17) is 4.74 Å². The molecule has 0 unspecified atom stereocenters. The van der Waals surface area contributed by atoms with Gasteiger partial charge in [-0.05, 0) is 6.07 Å². The van der Waals surface area contributed by atoms with E-state index < -0.39 is 0 Å². The highest BCUT2D eigenvalue weighted by molar-refractivity contribution is 5.58. The molecule has 0 aliphatic rings. The Labute approximate surface area is 70.0 Å². The van der Waals surface area contributed by atoms with Crippen LogP contribution in [0, 0.1) is 5.82 Å². The fourth-order valence-electron chi connectivity index (χ4n) is 0.942. The van der Waals surface area contributed by atoms with E-state index in [0.29, 0.717) is 11.3 Å². The van der Waals surface area contributed by atoms with E-state index in [1.54, 1.807) is 6.29 Å². The summed E-state index contributed by atoms with van der Waals surface area (Å²) in [6.45, 7) is 0. The van der Waals surface area contributed by atoms with Crippen molar-refractivity contribution in [1.82, 2.24) is 0 Å². The highest BCUT2D eigenvalue weighted by Gasteiger charge is 2.03. The number of rotatable bonds is 3. The number of methoxy groups -OCH3 is 1. The average Bonchev–Trinajstić information content (AvgIpc) is 2.08. The van der Waals surface area contributed by atoms with Gasteiger partial charge in [0.2, 0.25) is 6.29 Å². The van der Waals surface area contributed by atoms with Crippen LogP contribution >= 0.6 is 0 Å². The molecule has 12 heavy (non-hydrogen) atoms. The molecule has 0 saturated heterocycles. The first-order valence-corrected chi connectivity index (χ1v) is 3.45. The number of benzene rings is 1. The first-order chi connectivity index (χ1) is 5.77. The van der Waals surface area contributed by atoms with Crippen LogP contribution in [0.3, 0.4) is 0 Å². The summed E-state index contributed by atoms with van der Waals surface area (Å²) in [5, 5.41) is 0. The zero-order valence-corrected chi connectivity index (χ0v) is 6.63. The lowest BCUT2D eigenvalue weighted by Crippen LogP contribution is -1.93. The van der Waals surface area contributed by atoms with Crippen LogP contribution in [0.1, 0.15) is 5.56 Å². The lowest BCUT2D eigenvalue weighted by Gasteiger charge is -2.04. The Bertz CT molecular complexity index is 284. The summed E-state index contributed by atoms with van der Waals surface area (Å²) in [6, 6.07) is 4.04. The van der Waals surface area contributed by atoms with Gasteiger partial charge in [0.25, 0.3) is 0 Å². The molecule has 0 saturated carbocycles. The highest BCUT2D eigenvalue weighted by atomic mass is 19.1. The van der Waals surface area contributed by atoms with E-state index in [2.05, 4.69) is 0 Å². The number of halogens is 1. The van der Waals surface area contributed by atoms with Crippen LogP contribution in [0.25, 0.3) is 0 Å². The molecule has 1 aromatic rings. The zero-order valence-electron chi connectivity index (χ0n) is 6.63. The maximum atomic E-state index is 12.6. The van der Waals surface area contributed by atoms with Crippen molar-refractivity contribution in [2.24, 2.45) is 0 Å². The Morgan fingerprint density at radius 3 is 2.92 bits per heavy atom. The molecule has 0 aliphatic heterocycles. The molecule has 1 rings (SSSR count). The molecule has 1 radical (unpaired) electrons. The Balaban J connectivity index is 3.01. The minimum Gasteiger partial charge on any atom is -0.496 e. The lowest BCUT2D eigenvalue weighted by molar-refractivity contribution is 0.407. The summed E-state index contributed by atoms with van der Waals surface area (Å²) in [5.41, 5.74) is 0.647. The number of hydrogen-bond donors (Lipinski definition) is 0. The number of ether oxygens (including phenoxy) is 1. The zero-order chi connectivity index (χ0) is 8.97. The molecule has 0 aromatic heterocycles. The minimum absolute atomic E-state index is 0.128. The third kappa shape index (κ3) is 1.81. The molecule has 0 aliphatic carbocycles. The van der Waals surface area contributed by atoms with E-state index in [1.807, 2.05) is 0 Å². The number of hydrogen-bond acceptors (Lipinski definition) is 2. The van der Waals surface area contributed by atoms with Gasteiger partial charge in [-0.3, -0.25) is 4.79 Å². The van der Waals surface area contributed by atoms with Crippen molar-refractivity contribution in [3.63, 3.8) is 0 Å². The first-order valence-electron chi connectivity index (χ1n) is 3.45. The van der Waals surface area contributed by atoms with Gasteiger partial charge < -0.3 is 4.74 Å². The highest BCUT2D eigenvalue weighted by Crippen LogP contribution is 2.19. The maximum absolute atomic E-state index is 12.6. The second kappa shape index (κ2) is 3.85. The van der Waals surface area contributed by atoms with E-state index in [-0.39, 0.29) is 12.2 Å². The third-order valence-corrected chi connectivity index (χ3v) is 1.51. The largest absolute Gasteiger partial charge is 0.496 e. The summed E-state index contributed by atoms with van der Waals surface area (Å²) in [5.74, 6) is 0.0137. The molecular formula is C9H8FO2. The summed E-state index contributed by atoms with van der Waals surface area (Å²) in [4.78, 5) is 10.1. The van der Waals surface area contributed by atoms with Gasteiger partial charge in [-0.1, -0.05) is 6.07 Å². The molecule has 0 atom stereocenters. The van der Waals surface area contributed by atoms with Crippen LogP contribution in [-0.2, 0) is 11.2 Å². The Kier molecular flexibility index (Phi) is 2.80. The van der Waals surface area contributed by atoms with E-state index in [1.165, 1.54) is 25.3 Å². The molecule has 2 nitrogen and oxygen atoms in total. The van der Waals surface area contributed by atoms with E-state index in [9.17, 15) is 9.18 Å². The van der Waals surface area contributed by atoms with Gasteiger partial charge >= 0.3 is 0 Å². The smallest absolute Gasteiger partial charge is 0.203 e. The molecule has 0 bridgehead atoms. The van der Waals surface area contributed by atoms with Gasteiger partial charge in [0.15, 0.2) is 0 Å². The van der Waals surface area contributed by atoms with Gasteiger partial charge in [0, 0.05) is 18.1 Å². The lowest BCUT2D eigenvalue weighted by atomic mass is 10.1. The Hall–Kier alpha value is -1.38. The normalized spacial score (nSPS) is 9.50. The van der Waals surface area contributed by atoms with E-state index in [0.717, 1.165) is 0 Å². The molecule has 0 spiro atoms.